The van der Waals surface area contributed by atoms with Crippen LogP contribution in [-0.4, -0.2) is 18.2 Å². The molecule has 108 valence electrons. The van der Waals surface area contributed by atoms with Gasteiger partial charge in [0.2, 0.25) is 10.0 Å². The number of fused-ring (bicyclic) bond motifs is 1. The lowest BCUT2D eigenvalue weighted by molar-refractivity contribution is 0.582. The maximum absolute atomic E-state index is 12.2. The molecular formula is C12H16N4O2S2. The van der Waals surface area contributed by atoms with Crippen LogP contribution in [0.3, 0.4) is 0 Å². The van der Waals surface area contributed by atoms with Crippen molar-refractivity contribution in [2.45, 2.75) is 30.7 Å². The monoisotopic (exact) mass is 312 g/mol. The number of nitrogens with zero attached hydrogens (tertiary/aromatic N) is 2. The number of hydrogen-bond donors (Lipinski definition) is 2. The van der Waals surface area contributed by atoms with Crippen molar-refractivity contribution in [2.24, 2.45) is 7.05 Å². The van der Waals surface area contributed by atoms with Gasteiger partial charge in [0.25, 0.3) is 0 Å². The highest BCUT2D eigenvalue weighted by Gasteiger charge is 2.21. The van der Waals surface area contributed by atoms with Gasteiger partial charge in [-0.05, 0) is 30.9 Å². The molecule has 3 rings (SSSR count). The zero-order valence-electron chi connectivity index (χ0n) is 11.1. The molecule has 8 heteroatoms. The lowest BCUT2D eigenvalue weighted by atomic mass is 10.2. The lowest BCUT2D eigenvalue weighted by Crippen LogP contribution is -2.23. The van der Waals surface area contributed by atoms with Crippen molar-refractivity contribution in [3.63, 3.8) is 0 Å². The predicted molar refractivity (Wildman–Crippen MR) is 78.0 cm³/mol. The maximum atomic E-state index is 12.2. The quantitative estimate of drug-likeness (QED) is 0.882. The Morgan fingerprint density at radius 1 is 1.50 bits per heavy atom. The van der Waals surface area contributed by atoms with E-state index < -0.39 is 10.0 Å². The highest BCUT2D eigenvalue weighted by atomic mass is 32.2. The molecule has 0 spiro atoms. The van der Waals surface area contributed by atoms with E-state index in [1.165, 1.54) is 27.7 Å². The van der Waals surface area contributed by atoms with E-state index >= 15 is 0 Å². The summed E-state index contributed by atoms with van der Waals surface area (Å²) in [5, 5.41) is 3.85. The fourth-order valence-electron chi connectivity index (χ4n) is 2.41. The molecule has 1 aliphatic rings. The second-order valence-corrected chi connectivity index (χ2v) is 7.85. The Hall–Kier alpha value is -1.38. The molecule has 0 aromatic carbocycles. The Labute approximate surface area is 121 Å². The third-order valence-corrected chi connectivity index (χ3v) is 6.00. The summed E-state index contributed by atoms with van der Waals surface area (Å²) in [7, 11) is -1.97. The van der Waals surface area contributed by atoms with Crippen LogP contribution in [-0.2, 0) is 36.5 Å². The van der Waals surface area contributed by atoms with Crippen molar-refractivity contribution in [1.29, 1.82) is 0 Å². The van der Waals surface area contributed by atoms with Gasteiger partial charge in [0.1, 0.15) is 4.90 Å². The number of thiophene rings is 1. The van der Waals surface area contributed by atoms with Gasteiger partial charge in [-0.1, -0.05) is 0 Å². The van der Waals surface area contributed by atoms with Gasteiger partial charge in [0.05, 0.1) is 0 Å². The minimum absolute atomic E-state index is 0.0219. The Kier molecular flexibility index (Phi) is 3.31. The van der Waals surface area contributed by atoms with Gasteiger partial charge in [0, 0.05) is 29.5 Å². The highest BCUT2D eigenvalue weighted by molar-refractivity contribution is 7.89. The van der Waals surface area contributed by atoms with Crippen LogP contribution >= 0.6 is 11.3 Å². The van der Waals surface area contributed by atoms with Gasteiger partial charge in [0.15, 0.2) is 5.82 Å². The van der Waals surface area contributed by atoms with Crippen molar-refractivity contribution in [2.75, 3.05) is 5.73 Å². The van der Waals surface area contributed by atoms with Crippen LogP contribution in [0.5, 0.6) is 0 Å². The van der Waals surface area contributed by atoms with Crippen LogP contribution in [0.25, 0.3) is 0 Å². The molecule has 0 radical (unpaired) electrons. The number of hydrogen-bond acceptors (Lipinski definition) is 5. The Morgan fingerprint density at radius 2 is 2.30 bits per heavy atom. The number of nitrogens with two attached hydrogens (primary N) is 1. The summed E-state index contributed by atoms with van der Waals surface area (Å²) in [6, 6.07) is 2.10. The fourth-order valence-corrected chi connectivity index (χ4v) is 4.81. The fraction of sp³-hybridized carbons (Fsp3) is 0.417. The van der Waals surface area contributed by atoms with E-state index in [4.69, 9.17) is 5.73 Å². The van der Waals surface area contributed by atoms with Crippen molar-refractivity contribution in [3.8, 4) is 0 Å². The summed E-state index contributed by atoms with van der Waals surface area (Å²) in [5.74, 6) is 0.0219. The zero-order valence-corrected chi connectivity index (χ0v) is 12.7. The van der Waals surface area contributed by atoms with Crippen LogP contribution < -0.4 is 10.5 Å². The van der Waals surface area contributed by atoms with E-state index in [1.807, 2.05) is 0 Å². The third kappa shape index (κ3) is 2.46. The van der Waals surface area contributed by atoms with Gasteiger partial charge in [-0.2, -0.15) is 5.10 Å². The van der Waals surface area contributed by atoms with Gasteiger partial charge in [-0.25, -0.2) is 13.1 Å². The van der Waals surface area contributed by atoms with E-state index in [2.05, 4.69) is 15.9 Å². The number of anilines is 1. The second kappa shape index (κ2) is 4.87. The molecule has 20 heavy (non-hydrogen) atoms. The number of aryl methyl sites for hydroxylation is 3. The van der Waals surface area contributed by atoms with Gasteiger partial charge >= 0.3 is 0 Å². The van der Waals surface area contributed by atoms with Crippen molar-refractivity contribution >= 4 is 27.2 Å². The lowest BCUT2D eigenvalue weighted by Gasteiger charge is -2.03. The van der Waals surface area contributed by atoms with Crippen LogP contribution in [0.1, 0.15) is 21.7 Å². The summed E-state index contributed by atoms with van der Waals surface area (Å²) < 4.78 is 28.3. The topological polar surface area (TPSA) is 90.0 Å². The minimum atomic E-state index is -3.61. The van der Waals surface area contributed by atoms with E-state index in [0.717, 1.165) is 17.7 Å². The van der Waals surface area contributed by atoms with E-state index in [-0.39, 0.29) is 10.7 Å². The van der Waals surface area contributed by atoms with E-state index in [1.54, 1.807) is 18.4 Å². The molecule has 2 aromatic rings. The molecule has 2 heterocycles. The first-order valence-electron chi connectivity index (χ1n) is 6.35. The van der Waals surface area contributed by atoms with Crippen LogP contribution in [0, 0.1) is 0 Å². The molecule has 6 nitrogen and oxygen atoms in total. The molecule has 2 aromatic heterocycles. The summed E-state index contributed by atoms with van der Waals surface area (Å²) in [6.45, 7) is 0.300. The number of nitrogens with one attached hydrogen (secondary N) is 1. The van der Waals surface area contributed by atoms with E-state index in [0.29, 0.717) is 6.54 Å². The zero-order chi connectivity index (χ0) is 14.3. The molecule has 0 fully saturated rings. The van der Waals surface area contributed by atoms with Crippen LogP contribution in [0.15, 0.2) is 17.2 Å². The molecule has 0 unspecified atom stereocenters. The molecule has 1 aliphatic carbocycles. The first kappa shape index (κ1) is 13.6. The molecular weight excluding hydrogens is 296 g/mol. The normalized spacial score (nSPS) is 14.7. The Morgan fingerprint density at radius 3 is 2.95 bits per heavy atom. The standard InChI is InChI=1S/C12H16N4O2S2/c1-16-7-11(12(13)15-16)20(17,18)14-6-9-5-8-3-2-4-10(8)19-9/h5,7,14H,2-4,6H2,1H3,(H2,13,15). The highest BCUT2D eigenvalue weighted by Crippen LogP contribution is 2.30. The summed E-state index contributed by atoms with van der Waals surface area (Å²) in [5.41, 5.74) is 6.97. The molecule has 3 N–H and O–H groups in total. The number of aromatic nitrogens is 2. The third-order valence-electron chi connectivity index (χ3n) is 3.35. The molecule has 0 amide bonds. The second-order valence-electron chi connectivity index (χ2n) is 4.89. The number of nitrogen functional groups attached to an aromatic ring is 1. The molecule has 0 atom stereocenters. The summed E-state index contributed by atoms with van der Waals surface area (Å²) in [6.07, 6.45) is 4.84. The predicted octanol–water partition coefficient (Wildman–Crippen LogP) is 1.03. The van der Waals surface area contributed by atoms with Crippen molar-refractivity contribution in [3.05, 3.63) is 27.6 Å². The van der Waals surface area contributed by atoms with Crippen LogP contribution in [0.4, 0.5) is 5.82 Å². The van der Waals surface area contributed by atoms with E-state index in [9.17, 15) is 8.42 Å². The molecule has 0 bridgehead atoms. The van der Waals surface area contributed by atoms with Crippen molar-refractivity contribution in [1.82, 2.24) is 14.5 Å². The first-order valence-corrected chi connectivity index (χ1v) is 8.65. The van der Waals surface area contributed by atoms with Crippen molar-refractivity contribution < 1.29 is 8.42 Å². The van der Waals surface area contributed by atoms with Gasteiger partial charge in [-0.3, -0.25) is 4.68 Å². The number of rotatable bonds is 4. The number of sulfonamides is 1. The molecule has 0 saturated heterocycles. The smallest absolute Gasteiger partial charge is 0.246 e. The van der Waals surface area contributed by atoms with Crippen LogP contribution in [0.2, 0.25) is 0 Å². The molecule has 0 aliphatic heterocycles. The maximum Gasteiger partial charge on any atom is 0.246 e. The molecule has 0 saturated carbocycles. The first-order chi connectivity index (χ1) is 9.45. The minimum Gasteiger partial charge on any atom is -0.381 e. The average molecular weight is 312 g/mol. The Bertz CT molecular complexity index is 724. The summed E-state index contributed by atoms with van der Waals surface area (Å²) >= 11 is 1.69. The van der Waals surface area contributed by atoms with Gasteiger partial charge < -0.3 is 5.73 Å². The largest absolute Gasteiger partial charge is 0.381 e. The average Bonchev–Trinajstić information content (AvgIpc) is 3.00. The van der Waals surface area contributed by atoms with Gasteiger partial charge in [-0.15, -0.1) is 11.3 Å². The summed E-state index contributed by atoms with van der Waals surface area (Å²) in [4.78, 5) is 2.46. The SMILES string of the molecule is Cn1cc(S(=O)(=O)NCc2cc3c(s2)CCC3)c(N)n1. The Balaban J connectivity index is 1.75.